The van der Waals surface area contributed by atoms with Gasteiger partial charge >= 0.3 is 0 Å². The molecule has 0 aliphatic carbocycles. The third-order valence-electron chi connectivity index (χ3n) is 4.92. The van der Waals surface area contributed by atoms with Gasteiger partial charge in [0.2, 0.25) is 0 Å². The number of ether oxygens (including phenoxy) is 2. The molecule has 1 aromatic carbocycles. The Morgan fingerprint density at radius 2 is 2.14 bits per heavy atom. The van der Waals surface area contributed by atoms with Gasteiger partial charge < -0.3 is 19.7 Å². The van der Waals surface area contributed by atoms with Gasteiger partial charge in [0.15, 0.2) is 0 Å². The van der Waals surface area contributed by atoms with Crippen LogP contribution in [0.3, 0.4) is 0 Å². The normalized spacial score (nSPS) is 18.8. The van der Waals surface area contributed by atoms with Crippen molar-refractivity contribution in [3.63, 3.8) is 0 Å². The molecule has 1 saturated heterocycles. The fourth-order valence-electron chi connectivity index (χ4n) is 3.54. The molecule has 28 heavy (non-hydrogen) atoms. The lowest BCUT2D eigenvalue weighted by Crippen LogP contribution is -2.46. The quantitative estimate of drug-likeness (QED) is 0.201. The standard InChI is InChI=1S/C19H27N5O3S/c20-23-22-7-8-26-9-10-27-11-12-28-18-5-1-4-16-17(18)14-24(19(16)25)15-3-2-6-21-13-15/h1,4-5,15,21H,2-3,6-14H2. The Balaban J connectivity index is 1.41. The molecule has 1 aromatic rings. The van der Waals surface area contributed by atoms with E-state index in [1.165, 1.54) is 4.90 Å². The molecule has 8 nitrogen and oxygen atoms in total. The van der Waals surface area contributed by atoms with Crippen molar-refractivity contribution in [1.29, 1.82) is 0 Å². The average Bonchev–Trinajstić information content (AvgIpc) is 3.07. The number of thioether (sulfide) groups is 1. The monoisotopic (exact) mass is 405 g/mol. The van der Waals surface area contributed by atoms with Gasteiger partial charge in [0.1, 0.15) is 0 Å². The number of nitrogens with zero attached hydrogens (tertiary/aromatic N) is 4. The van der Waals surface area contributed by atoms with E-state index in [-0.39, 0.29) is 5.91 Å². The lowest BCUT2D eigenvalue weighted by molar-refractivity contribution is 0.0571. The summed E-state index contributed by atoms with van der Waals surface area (Å²) in [7, 11) is 0. The lowest BCUT2D eigenvalue weighted by atomic mass is 10.1. The number of amides is 1. The molecule has 2 heterocycles. The highest BCUT2D eigenvalue weighted by Gasteiger charge is 2.34. The van der Waals surface area contributed by atoms with E-state index >= 15 is 0 Å². The minimum atomic E-state index is 0.167. The summed E-state index contributed by atoms with van der Waals surface area (Å²) in [5.41, 5.74) is 10.2. The van der Waals surface area contributed by atoms with Crippen LogP contribution in [0.5, 0.6) is 0 Å². The minimum absolute atomic E-state index is 0.167. The molecule has 0 saturated carbocycles. The molecule has 9 heteroatoms. The summed E-state index contributed by atoms with van der Waals surface area (Å²) in [4.78, 5) is 18.7. The van der Waals surface area contributed by atoms with Crippen LogP contribution in [0.25, 0.3) is 10.4 Å². The molecule has 2 aliphatic heterocycles. The molecule has 152 valence electrons. The number of hydrogen-bond acceptors (Lipinski definition) is 6. The molecule has 3 rings (SSSR count). The maximum Gasteiger partial charge on any atom is 0.254 e. The van der Waals surface area contributed by atoms with Gasteiger partial charge in [-0.05, 0) is 42.6 Å². The van der Waals surface area contributed by atoms with Gasteiger partial charge in [-0.1, -0.05) is 11.2 Å². The predicted molar refractivity (Wildman–Crippen MR) is 109 cm³/mol. The summed E-state index contributed by atoms with van der Waals surface area (Å²) < 4.78 is 10.9. The van der Waals surface area contributed by atoms with Crippen molar-refractivity contribution in [2.45, 2.75) is 30.3 Å². The van der Waals surface area contributed by atoms with E-state index in [0.717, 1.165) is 42.8 Å². The van der Waals surface area contributed by atoms with Crippen LogP contribution < -0.4 is 5.32 Å². The molecule has 1 fully saturated rings. The second kappa shape index (κ2) is 11.3. The van der Waals surface area contributed by atoms with Crippen LogP contribution in [0.4, 0.5) is 0 Å². The summed E-state index contributed by atoms with van der Waals surface area (Å²) in [5.74, 6) is 0.995. The number of carbonyl (C=O) groups excluding carboxylic acids is 1. The van der Waals surface area contributed by atoms with Crippen LogP contribution in [0.2, 0.25) is 0 Å². The maximum atomic E-state index is 12.8. The zero-order valence-electron chi connectivity index (χ0n) is 16.0. The maximum absolute atomic E-state index is 12.8. The first-order valence-electron chi connectivity index (χ1n) is 9.74. The van der Waals surface area contributed by atoms with Crippen LogP contribution in [-0.4, -0.2) is 68.7 Å². The molecule has 0 radical (unpaired) electrons. The van der Waals surface area contributed by atoms with Crippen molar-refractivity contribution in [2.75, 3.05) is 51.8 Å². The van der Waals surface area contributed by atoms with Gasteiger partial charge in [0, 0.05) is 46.8 Å². The van der Waals surface area contributed by atoms with Crippen LogP contribution >= 0.6 is 11.8 Å². The first-order chi connectivity index (χ1) is 13.8. The Kier molecular flexibility index (Phi) is 8.44. The Morgan fingerprint density at radius 1 is 1.29 bits per heavy atom. The highest BCUT2D eigenvalue weighted by atomic mass is 32.2. The second-order valence-corrected chi connectivity index (χ2v) is 7.88. The van der Waals surface area contributed by atoms with Crippen molar-refractivity contribution in [3.05, 3.63) is 39.8 Å². The number of carbonyl (C=O) groups is 1. The van der Waals surface area contributed by atoms with Crippen molar-refractivity contribution >= 4 is 17.7 Å². The van der Waals surface area contributed by atoms with Crippen LogP contribution in [-0.2, 0) is 16.0 Å². The molecule has 1 unspecified atom stereocenters. The molecular weight excluding hydrogens is 378 g/mol. The minimum Gasteiger partial charge on any atom is -0.379 e. The molecule has 1 N–H and O–H groups in total. The smallest absolute Gasteiger partial charge is 0.254 e. The Labute approximate surface area is 169 Å². The summed E-state index contributed by atoms with van der Waals surface area (Å²) >= 11 is 1.74. The lowest BCUT2D eigenvalue weighted by Gasteiger charge is -2.31. The molecule has 1 atom stereocenters. The Morgan fingerprint density at radius 3 is 2.93 bits per heavy atom. The van der Waals surface area contributed by atoms with Gasteiger partial charge in [0.05, 0.1) is 26.4 Å². The summed E-state index contributed by atoms with van der Waals surface area (Å²) in [6.07, 6.45) is 2.20. The second-order valence-electron chi connectivity index (χ2n) is 6.74. The fraction of sp³-hybridized carbons (Fsp3) is 0.632. The van der Waals surface area contributed by atoms with E-state index in [1.54, 1.807) is 11.8 Å². The van der Waals surface area contributed by atoms with E-state index in [4.69, 9.17) is 15.0 Å². The number of fused-ring (bicyclic) bond motifs is 1. The first-order valence-corrected chi connectivity index (χ1v) is 10.7. The number of azide groups is 1. The third kappa shape index (κ3) is 5.62. The predicted octanol–water partition coefficient (Wildman–Crippen LogP) is 2.83. The van der Waals surface area contributed by atoms with Crippen molar-refractivity contribution in [2.24, 2.45) is 5.11 Å². The molecular formula is C19H27N5O3S. The van der Waals surface area contributed by atoms with Gasteiger partial charge in [-0.3, -0.25) is 4.79 Å². The van der Waals surface area contributed by atoms with Crippen LogP contribution in [0.1, 0.15) is 28.8 Å². The highest BCUT2D eigenvalue weighted by molar-refractivity contribution is 7.99. The topological polar surface area (TPSA) is 99.6 Å². The average molecular weight is 406 g/mol. The SMILES string of the molecule is [N-]=[N+]=NCCOCCOCCSc1cccc2c1CN(C1CCCNC1)C2=O. The zero-order valence-corrected chi connectivity index (χ0v) is 16.8. The molecule has 2 aliphatic rings. The largest absolute Gasteiger partial charge is 0.379 e. The van der Waals surface area contributed by atoms with Crippen molar-refractivity contribution in [1.82, 2.24) is 10.2 Å². The number of nitrogens with one attached hydrogen (secondary N) is 1. The zero-order chi connectivity index (χ0) is 19.6. The third-order valence-corrected chi connectivity index (χ3v) is 5.98. The van der Waals surface area contributed by atoms with Gasteiger partial charge in [0.25, 0.3) is 5.91 Å². The molecule has 0 bridgehead atoms. The summed E-state index contributed by atoms with van der Waals surface area (Å²) in [6.45, 7) is 5.04. The van der Waals surface area contributed by atoms with Gasteiger partial charge in [-0.15, -0.1) is 11.8 Å². The Hall–Kier alpha value is -1.77. The van der Waals surface area contributed by atoms with E-state index in [9.17, 15) is 4.79 Å². The van der Waals surface area contributed by atoms with E-state index < -0.39 is 0 Å². The first kappa shape index (κ1) is 21.0. The van der Waals surface area contributed by atoms with E-state index in [2.05, 4.69) is 21.4 Å². The summed E-state index contributed by atoms with van der Waals surface area (Å²) in [6, 6.07) is 6.31. The van der Waals surface area contributed by atoms with E-state index in [0.29, 0.717) is 45.6 Å². The molecule has 0 aromatic heterocycles. The van der Waals surface area contributed by atoms with Crippen LogP contribution in [0, 0.1) is 0 Å². The van der Waals surface area contributed by atoms with Crippen molar-refractivity contribution in [3.8, 4) is 0 Å². The van der Waals surface area contributed by atoms with Crippen LogP contribution in [0.15, 0.2) is 28.2 Å². The molecule has 0 spiro atoms. The highest BCUT2D eigenvalue weighted by Crippen LogP contribution is 2.33. The summed E-state index contributed by atoms with van der Waals surface area (Å²) in [5, 5.41) is 6.80. The number of piperidine rings is 1. The van der Waals surface area contributed by atoms with E-state index in [1.807, 2.05) is 17.0 Å². The van der Waals surface area contributed by atoms with Crippen molar-refractivity contribution < 1.29 is 14.3 Å². The van der Waals surface area contributed by atoms with Gasteiger partial charge in [-0.25, -0.2) is 0 Å². The number of hydrogen-bond donors (Lipinski definition) is 1. The number of rotatable bonds is 11. The number of benzene rings is 1. The fourth-order valence-corrected chi connectivity index (χ4v) is 4.48. The Bertz CT molecular complexity index is 705. The van der Waals surface area contributed by atoms with Gasteiger partial charge in [-0.2, -0.15) is 0 Å². The molecule has 1 amide bonds.